The lowest BCUT2D eigenvalue weighted by molar-refractivity contribution is -0.147. The molecule has 0 spiro atoms. The van der Waals surface area contributed by atoms with Gasteiger partial charge in [0.05, 0.1) is 18.6 Å². The molecule has 1 saturated heterocycles. The highest BCUT2D eigenvalue weighted by Gasteiger charge is 2.44. The fourth-order valence-corrected chi connectivity index (χ4v) is 5.47. The number of anilines is 1. The predicted molar refractivity (Wildman–Crippen MR) is 137 cm³/mol. The van der Waals surface area contributed by atoms with Crippen molar-refractivity contribution < 1.29 is 41.1 Å². The first kappa shape index (κ1) is 30.0. The van der Waals surface area contributed by atoms with E-state index in [1.54, 1.807) is 27.7 Å². The van der Waals surface area contributed by atoms with Crippen LogP contribution in [0, 0.1) is 24.5 Å². The Hall–Kier alpha value is -3.52. The Balaban J connectivity index is 1.86. The van der Waals surface area contributed by atoms with Gasteiger partial charge in [-0.2, -0.15) is 0 Å². The van der Waals surface area contributed by atoms with E-state index in [9.17, 15) is 27.2 Å². The molecule has 2 amide bonds. The molecule has 2 N–H and O–H groups in total. The third-order valence-corrected chi connectivity index (χ3v) is 7.35. The smallest absolute Gasteiger partial charge is 0.410 e. The van der Waals surface area contributed by atoms with Crippen molar-refractivity contribution in [2.75, 3.05) is 25.0 Å². The molecule has 0 saturated carbocycles. The largest absolute Gasteiger partial charge is 0.466 e. The van der Waals surface area contributed by atoms with Gasteiger partial charge in [-0.15, -0.1) is 0 Å². The first-order valence-corrected chi connectivity index (χ1v) is 13.6. The van der Waals surface area contributed by atoms with Gasteiger partial charge in [-0.05, 0) is 58.4 Å². The summed E-state index contributed by atoms with van der Waals surface area (Å²) in [5, 5.41) is 2.42. The van der Waals surface area contributed by atoms with E-state index in [1.807, 2.05) is 0 Å². The van der Waals surface area contributed by atoms with E-state index in [4.69, 9.17) is 9.47 Å². The van der Waals surface area contributed by atoms with Gasteiger partial charge in [0.1, 0.15) is 22.0 Å². The molecule has 1 aliphatic heterocycles. The molecule has 3 rings (SSSR count). The molecule has 2 atom stereocenters. The van der Waals surface area contributed by atoms with Gasteiger partial charge in [0.2, 0.25) is 10.0 Å². The fraction of sp³-hybridized carbons (Fsp3) is 0.480. The van der Waals surface area contributed by atoms with Crippen LogP contribution in [0.15, 0.2) is 29.3 Å². The number of carbonyl (C=O) groups is 3. The number of nitrogens with zero attached hydrogens (tertiary/aromatic N) is 2. The number of ether oxygens (including phenoxy) is 2. The molecular formula is C25H32F2N4O7S. The number of rotatable bonds is 7. The highest BCUT2D eigenvalue weighted by atomic mass is 32.2. The second-order valence-electron chi connectivity index (χ2n) is 10.2. The normalized spacial score (nSPS) is 17.7. The quantitative estimate of drug-likeness (QED) is 0.489. The van der Waals surface area contributed by atoms with Gasteiger partial charge in [0, 0.05) is 32.0 Å². The summed E-state index contributed by atoms with van der Waals surface area (Å²) in [5.74, 6) is -4.58. The molecule has 214 valence electrons. The van der Waals surface area contributed by atoms with E-state index in [0.29, 0.717) is 0 Å². The van der Waals surface area contributed by atoms with Crippen LogP contribution < -0.4 is 10.0 Å². The third-order valence-electron chi connectivity index (χ3n) is 5.88. The number of sulfonamides is 1. The van der Waals surface area contributed by atoms with Crippen LogP contribution in [-0.2, 0) is 31.3 Å². The Morgan fingerprint density at radius 2 is 1.82 bits per heavy atom. The Morgan fingerprint density at radius 1 is 1.15 bits per heavy atom. The van der Waals surface area contributed by atoms with Crippen molar-refractivity contribution in [2.45, 2.75) is 51.2 Å². The van der Waals surface area contributed by atoms with E-state index < -0.39 is 67.8 Å². The maximum absolute atomic E-state index is 15.4. The van der Waals surface area contributed by atoms with Crippen LogP contribution in [0.25, 0.3) is 0 Å². The summed E-state index contributed by atoms with van der Waals surface area (Å²) >= 11 is 0. The number of likely N-dealkylation sites (tertiary alicyclic amines) is 1. The number of esters is 1. The molecule has 1 fully saturated rings. The SMILES string of the molecule is CCOC(=O)C1CN(C(=O)OC(C)(C)C)CC1NS(=O)(=O)c1cn(C)c(C(=O)Nc2ccc(F)c(C)c2)c1F. The van der Waals surface area contributed by atoms with E-state index in [2.05, 4.69) is 10.0 Å². The first-order chi connectivity index (χ1) is 18.0. The maximum atomic E-state index is 15.4. The molecule has 2 aromatic rings. The Kier molecular flexibility index (Phi) is 8.70. The highest BCUT2D eigenvalue weighted by molar-refractivity contribution is 7.89. The summed E-state index contributed by atoms with van der Waals surface area (Å²) in [4.78, 5) is 38.3. The number of amides is 2. The zero-order valence-corrected chi connectivity index (χ0v) is 23.3. The van der Waals surface area contributed by atoms with Crippen molar-refractivity contribution in [3.8, 4) is 0 Å². The summed E-state index contributed by atoms with van der Waals surface area (Å²) in [6.45, 7) is 7.66. The molecule has 14 heteroatoms. The molecule has 0 bridgehead atoms. The summed E-state index contributed by atoms with van der Waals surface area (Å²) in [6.07, 6.45) is 0.169. The standard InChI is InChI=1S/C25H32F2N4O7S/c1-7-37-23(33)16-11-31(24(34)38-25(3,4)5)12-18(16)29-39(35,36)19-13-30(6)21(20(19)27)22(32)28-15-8-9-17(26)14(2)10-15/h8-10,13,16,18,29H,7,11-12H2,1-6H3,(H,28,32). The van der Waals surface area contributed by atoms with Crippen LogP contribution in [0.4, 0.5) is 19.3 Å². The summed E-state index contributed by atoms with van der Waals surface area (Å²) in [5.41, 5.74) is -0.973. The minimum absolute atomic E-state index is 0.0284. The third kappa shape index (κ3) is 6.92. The number of aromatic nitrogens is 1. The Labute approximate surface area is 225 Å². The van der Waals surface area contributed by atoms with Crippen molar-refractivity contribution in [3.63, 3.8) is 0 Å². The van der Waals surface area contributed by atoms with E-state index in [1.165, 1.54) is 31.0 Å². The molecule has 39 heavy (non-hydrogen) atoms. The molecule has 0 radical (unpaired) electrons. The summed E-state index contributed by atoms with van der Waals surface area (Å²) < 4.78 is 69.1. The number of hydrogen-bond acceptors (Lipinski definition) is 7. The zero-order chi connectivity index (χ0) is 29.3. The van der Waals surface area contributed by atoms with Gasteiger partial charge in [-0.25, -0.2) is 26.7 Å². The topological polar surface area (TPSA) is 136 Å². The number of halogens is 2. The van der Waals surface area contributed by atoms with Crippen molar-refractivity contribution in [1.82, 2.24) is 14.2 Å². The van der Waals surface area contributed by atoms with Crippen molar-refractivity contribution in [1.29, 1.82) is 0 Å². The second-order valence-corrected chi connectivity index (χ2v) is 11.8. The number of benzene rings is 1. The van der Waals surface area contributed by atoms with Crippen LogP contribution in [0.1, 0.15) is 43.7 Å². The number of hydrogen-bond donors (Lipinski definition) is 2. The molecule has 2 heterocycles. The molecule has 11 nitrogen and oxygen atoms in total. The lowest BCUT2D eigenvalue weighted by atomic mass is 10.1. The first-order valence-electron chi connectivity index (χ1n) is 12.1. The van der Waals surface area contributed by atoms with Gasteiger partial charge in [-0.3, -0.25) is 9.59 Å². The van der Waals surface area contributed by atoms with Gasteiger partial charge in [0.25, 0.3) is 5.91 Å². The lowest BCUT2D eigenvalue weighted by Gasteiger charge is -2.24. The van der Waals surface area contributed by atoms with E-state index in [-0.39, 0.29) is 30.9 Å². The van der Waals surface area contributed by atoms with Gasteiger partial charge >= 0.3 is 12.1 Å². The number of aryl methyl sites for hydroxylation is 2. The van der Waals surface area contributed by atoms with Gasteiger partial charge in [0.15, 0.2) is 5.82 Å². The van der Waals surface area contributed by atoms with E-state index in [0.717, 1.165) is 16.8 Å². The average molecular weight is 571 g/mol. The molecule has 1 aromatic carbocycles. The minimum Gasteiger partial charge on any atom is -0.466 e. The fourth-order valence-electron chi connectivity index (χ4n) is 4.08. The van der Waals surface area contributed by atoms with E-state index >= 15 is 4.39 Å². The Morgan fingerprint density at radius 3 is 2.41 bits per heavy atom. The van der Waals surface area contributed by atoms with Gasteiger partial charge in [-0.1, -0.05) is 0 Å². The molecule has 2 unspecified atom stereocenters. The number of nitrogens with one attached hydrogen (secondary N) is 2. The summed E-state index contributed by atoms with van der Waals surface area (Å²) in [6, 6.07) is 2.61. The van der Waals surface area contributed by atoms with Gasteiger partial charge < -0.3 is 24.3 Å². The lowest BCUT2D eigenvalue weighted by Crippen LogP contribution is -2.43. The monoisotopic (exact) mass is 570 g/mol. The number of carbonyl (C=O) groups excluding carboxylic acids is 3. The zero-order valence-electron chi connectivity index (χ0n) is 22.5. The second kappa shape index (κ2) is 11.3. The van der Waals surface area contributed by atoms with Crippen LogP contribution >= 0.6 is 0 Å². The Bertz CT molecular complexity index is 1390. The molecule has 0 aliphatic carbocycles. The highest BCUT2D eigenvalue weighted by Crippen LogP contribution is 2.26. The maximum Gasteiger partial charge on any atom is 0.410 e. The minimum atomic E-state index is -4.62. The summed E-state index contributed by atoms with van der Waals surface area (Å²) in [7, 11) is -3.34. The molecule has 1 aliphatic rings. The predicted octanol–water partition coefficient (Wildman–Crippen LogP) is 2.94. The van der Waals surface area contributed by atoms with Crippen molar-refractivity contribution >= 4 is 33.7 Å². The van der Waals surface area contributed by atoms with Crippen LogP contribution in [-0.4, -0.2) is 67.2 Å². The van der Waals surface area contributed by atoms with Crippen LogP contribution in [0.2, 0.25) is 0 Å². The van der Waals surface area contributed by atoms with Crippen LogP contribution in [0.5, 0.6) is 0 Å². The molecule has 1 aromatic heterocycles. The van der Waals surface area contributed by atoms with Crippen molar-refractivity contribution in [3.05, 3.63) is 47.3 Å². The van der Waals surface area contributed by atoms with Crippen molar-refractivity contribution in [2.24, 2.45) is 13.0 Å². The van der Waals surface area contributed by atoms with Crippen LogP contribution in [0.3, 0.4) is 0 Å². The molecular weight excluding hydrogens is 538 g/mol. The average Bonchev–Trinajstić information content (AvgIpc) is 3.35.